The number of hydrogen-bond donors (Lipinski definition) is 0. The number of rotatable bonds is 5. The van der Waals surface area contributed by atoms with Gasteiger partial charge in [0.15, 0.2) is 0 Å². The largest absolute Gasteiger partial charge is 0.489 e. The van der Waals surface area contributed by atoms with Crippen molar-refractivity contribution in [2.24, 2.45) is 0 Å². The molecule has 3 heteroatoms. The number of nitrogens with zero attached hydrogens (tertiary/aromatic N) is 2. The number of ether oxygens (including phenoxy) is 1. The second kappa shape index (κ2) is 7.71. The third-order valence-corrected chi connectivity index (χ3v) is 4.13. The van der Waals surface area contributed by atoms with Crippen LogP contribution in [0.3, 0.4) is 0 Å². The quantitative estimate of drug-likeness (QED) is 0.790. The van der Waals surface area contributed by atoms with Crippen LogP contribution in [-0.2, 0) is 13.2 Å². The van der Waals surface area contributed by atoms with E-state index >= 15 is 0 Å². The average molecular weight is 306 g/mol. The van der Waals surface area contributed by atoms with Crippen molar-refractivity contribution in [3.8, 4) is 18.2 Å². The summed E-state index contributed by atoms with van der Waals surface area (Å²) in [6.45, 7) is 5.53. The van der Waals surface area contributed by atoms with Gasteiger partial charge in [0.25, 0.3) is 0 Å². The van der Waals surface area contributed by atoms with E-state index in [-0.39, 0.29) is 0 Å². The van der Waals surface area contributed by atoms with Crippen LogP contribution in [0.5, 0.6) is 5.75 Å². The van der Waals surface area contributed by atoms with E-state index in [1.54, 1.807) is 0 Å². The lowest BCUT2D eigenvalue weighted by Crippen LogP contribution is -2.43. The first-order chi connectivity index (χ1) is 11.3. The summed E-state index contributed by atoms with van der Waals surface area (Å²) in [6.07, 6.45) is 5.43. The molecule has 3 rings (SSSR count). The highest BCUT2D eigenvalue weighted by molar-refractivity contribution is 5.27. The van der Waals surface area contributed by atoms with Crippen molar-refractivity contribution < 1.29 is 4.74 Å². The molecule has 0 N–H and O–H groups in total. The highest BCUT2D eigenvalue weighted by Crippen LogP contribution is 2.16. The van der Waals surface area contributed by atoms with Crippen LogP contribution >= 0.6 is 0 Å². The van der Waals surface area contributed by atoms with Gasteiger partial charge in [0, 0.05) is 38.8 Å². The summed E-state index contributed by atoms with van der Waals surface area (Å²) >= 11 is 0. The van der Waals surface area contributed by atoms with E-state index in [1.165, 1.54) is 11.1 Å². The van der Waals surface area contributed by atoms with Gasteiger partial charge < -0.3 is 9.64 Å². The van der Waals surface area contributed by atoms with Crippen LogP contribution in [-0.4, -0.2) is 36.0 Å². The Morgan fingerprint density at radius 3 is 2.22 bits per heavy atom. The van der Waals surface area contributed by atoms with Crippen molar-refractivity contribution in [2.45, 2.75) is 13.2 Å². The summed E-state index contributed by atoms with van der Waals surface area (Å²) in [5.74, 6) is 0.912. The Balaban J connectivity index is 1.48. The van der Waals surface area contributed by atoms with Crippen LogP contribution in [0.15, 0.2) is 54.6 Å². The van der Waals surface area contributed by atoms with Gasteiger partial charge in [-0.2, -0.15) is 0 Å². The van der Waals surface area contributed by atoms with Gasteiger partial charge in [-0.15, -0.1) is 0 Å². The van der Waals surface area contributed by atoms with Gasteiger partial charge in [0.05, 0.1) is 0 Å². The zero-order chi connectivity index (χ0) is 15.9. The first-order valence-corrected chi connectivity index (χ1v) is 8.03. The lowest BCUT2D eigenvalue weighted by molar-refractivity contribution is 0.169. The van der Waals surface area contributed by atoms with Gasteiger partial charge in [0.1, 0.15) is 12.4 Å². The lowest BCUT2D eigenvalue weighted by Gasteiger charge is -2.32. The van der Waals surface area contributed by atoms with E-state index in [4.69, 9.17) is 11.2 Å². The molecule has 1 fully saturated rings. The van der Waals surface area contributed by atoms with Gasteiger partial charge in [-0.05, 0) is 23.3 Å². The molecule has 1 aliphatic heterocycles. The summed E-state index contributed by atoms with van der Waals surface area (Å²) in [5, 5.41) is 0. The molecule has 23 heavy (non-hydrogen) atoms. The lowest BCUT2D eigenvalue weighted by atomic mass is 10.2. The molecule has 1 aliphatic rings. The molecular weight excluding hydrogens is 284 g/mol. The minimum Gasteiger partial charge on any atom is -0.489 e. The molecule has 1 heterocycles. The van der Waals surface area contributed by atoms with Gasteiger partial charge in [-0.3, -0.25) is 4.90 Å². The van der Waals surface area contributed by atoms with Crippen LogP contribution in [0.25, 0.3) is 0 Å². The summed E-state index contributed by atoms with van der Waals surface area (Å²) < 4.78 is 5.82. The molecule has 0 spiro atoms. The topological polar surface area (TPSA) is 15.7 Å². The Labute approximate surface area is 138 Å². The Hall–Kier alpha value is -2.44. The van der Waals surface area contributed by atoms with Gasteiger partial charge in [-0.25, -0.2) is 0 Å². The Morgan fingerprint density at radius 2 is 1.57 bits per heavy atom. The fourth-order valence-corrected chi connectivity index (χ4v) is 2.73. The Bertz CT molecular complexity index is 638. The molecule has 0 saturated carbocycles. The Kier molecular flexibility index (Phi) is 5.18. The highest BCUT2D eigenvalue weighted by atomic mass is 16.5. The minimum absolute atomic E-state index is 0.605. The molecule has 3 nitrogen and oxygen atoms in total. The maximum Gasteiger partial charge on any atom is 0.119 e. The standard InChI is InChI=1S/C20H22N2O/c1-2-21-12-14-22(15-13-21)16-18-8-10-20(11-9-18)23-17-19-6-4-3-5-7-19/h1,3-11H,12-17H2. The monoisotopic (exact) mass is 306 g/mol. The molecule has 0 aromatic heterocycles. The van der Waals surface area contributed by atoms with Crippen LogP contribution in [0.1, 0.15) is 11.1 Å². The van der Waals surface area contributed by atoms with Crippen molar-refractivity contribution in [2.75, 3.05) is 26.2 Å². The van der Waals surface area contributed by atoms with Crippen molar-refractivity contribution in [3.63, 3.8) is 0 Å². The van der Waals surface area contributed by atoms with Gasteiger partial charge in [0.2, 0.25) is 0 Å². The zero-order valence-corrected chi connectivity index (χ0v) is 13.3. The predicted octanol–water partition coefficient (Wildman–Crippen LogP) is 2.97. The smallest absolute Gasteiger partial charge is 0.119 e. The molecule has 0 aliphatic carbocycles. The Morgan fingerprint density at radius 1 is 0.870 bits per heavy atom. The molecule has 0 amide bonds. The maximum absolute atomic E-state index is 5.82. The number of terminal acetylenes is 1. The first kappa shape index (κ1) is 15.5. The molecule has 0 bridgehead atoms. The predicted molar refractivity (Wildman–Crippen MR) is 92.9 cm³/mol. The zero-order valence-electron chi connectivity index (χ0n) is 13.3. The first-order valence-electron chi connectivity index (χ1n) is 8.03. The SMILES string of the molecule is C#CN1CCN(Cc2ccc(OCc3ccccc3)cc2)CC1. The van der Waals surface area contributed by atoms with E-state index in [1.807, 2.05) is 23.1 Å². The molecule has 0 unspecified atom stereocenters. The van der Waals surface area contributed by atoms with E-state index in [0.29, 0.717) is 6.61 Å². The second-order valence-electron chi connectivity index (χ2n) is 5.81. The van der Waals surface area contributed by atoms with Crippen molar-refractivity contribution in [3.05, 3.63) is 65.7 Å². The summed E-state index contributed by atoms with van der Waals surface area (Å²) in [5.41, 5.74) is 2.49. The van der Waals surface area contributed by atoms with Gasteiger partial charge >= 0.3 is 0 Å². The molecule has 1 saturated heterocycles. The van der Waals surface area contributed by atoms with E-state index in [2.05, 4.69) is 47.3 Å². The van der Waals surface area contributed by atoms with E-state index in [9.17, 15) is 0 Å². The molecule has 2 aromatic carbocycles. The fraction of sp³-hybridized carbons (Fsp3) is 0.300. The third-order valence-electron chi connectivity index (χ3n) is 4.13. The number of benzene rings is 2. The summed E-state index contributed by atoms with van der Waals surface area (Å²) in [7, 11) is 0. The van der Waals surface area contributed by atoms with E-state index in [0.717, 1.165) is 38.5 Å². The average Bonchev–Trinajstić information content (AvgIpc) is 2.63. The van der Waals surface area contributed by atoms with Crippen molar-refractivity contribution in [1.29, 1.82) is 0 Å². The van der Waals surface area contributed by atoms with Crippen molar-refractivity contribution >= 4 is 0 Å². The molecule has 0 atom stereocenters. The normalized spacial score (nSPS) is 15.2. The van der Waals surface area contributed by atoms with E-state index < -0.39 is 0 Å². The van der Waals surface area contributed by atoms with Gasteiger partial charge in [-0.1, -0.05) is 48.9 Å². The van der Waals surface area contributed by atoms with Crippen molar-refractivity contribution in [1.82, 2.24) is 9.80 Å². The maximum atomic E-state index is 5.82. The van der Waals surface area contributed by atoms with Crippen LogP contribution in [0, 0.1) is 12.5 Å². The molecule has 118 valence electrons. The highest BCUT2D eigenvalue weighted by Gasteiger charge is 2.14. The molecule has 2 aromatic rings. The fourth-order valence-electron chi connectivity index (χ4n) is 2.73. The van der Waals surface area contributed by atoms with Crippen LogP contribution in [0.2, 0.25) is 0 Å². The molecule has 0 radical (unpaired) electrons. The number of hydrogen-bond acceptors (Lipinski definition) is 3. The third kappa shape index (κ3) is 4.51. The molecular formula is C20H22N2O. The summed E-state index contributed by atoms with van der Waals surface area (Å²) in [4.78, 5) is 4.48. The van der Waals surface area contributed by atoms with Crippen LogP contribution in [0.4, 0.5) is 0 Å². The second-order valence-corrected chi connectivity index (χ2v) is 5.81. The van der Waals surface area contributed by atoms with Crippen LogP contribution < -0.4 is 4.74 Å². The minimum atomic E-state index is 0.605. The number of piperazine rings is 1. The summed E-state index contributed by atoms with van der Waals surface area (Å²) in [6, 6.07) is 21.3.